The first-order valence-electron chi connectivity index (χ1n) is 11.0. The monoisotopic (exact) mass is 406 g/mol. The molecule has 0 aliphatic carbocycles. The Balaban J connectivity index is 2.52. The van der Waals surface area contributed by atoms with Gasteiger partial charge in [0.2, 0.25) is 0 Å². The van der Waals surface area contributed by atoms with Crippen LogP contribution in [0.2, 0.25) is 18.1 Å². The fraction of sp³-hybridized carbons (Fsp3) is 0.739. The smallest absolute Gasteiger partial charge is 0.250 e. The second-order valence-corrected chi connectivity index (χ2v) is 15.2. The van der Waals surface area contributed by atoms with Gasteiger partial charge < -0.3 is 9.53 Å². The van der Waals surface area contributed by atoms with Gasteiger partial charge in [0.1, 0.15) is 5.75 Å². The van der Waals surface area contributed by atoms with Gasteiger partial charge in [0, 0.05) is 0 Å². The fourth-order valence-corrected chi connectivity index (χ4v) is 3.96. The van der Waals surface area contributed by atoms with Gasteiger partial charge in [-0.1, -0.05) is 48.5 Å². The molecule has 1 heterocycles. The first-order valence-corrected chi connectivity index (χ1v) is 13.4. The molecule has 1 aromatic carbocycles. The van der Waals surface area contributed by atoms with Crippen LogP contribution in [0.1, 0.15) is 104 Å². The summed E-state index contributed by atoms with van der Waals surface area (Å²) in [4.78, 5) is 0. The molecule has 1 aromatic rings. The minimum Gasteiger partial charge on any atom is -0.543 e. The average Bonchev–Trinajstić information content (AvgIpc) is 3.29. The highest BCUT2D eigenvalue weighted by Crippen LogP contribution is 2.44. The molecule has 5 heteroatoms. The predicted octanol–water partition coefficient (Wildman–Crippen LogP) is 7.31. The van der Waals surface area contributed by atoms with E-state index in [0.717, 1.165) is 16.9 Å². The topological polar surface area (TPSA) is 54.2 Å². The zero-order chi connectivity index (χ0) is 22.4. The Morgan fingerprint density at radius 3 is 1.93 bits per heavy atom. The molecule has 28 heavy (non-hydrogen) atoms. The number of hydrogen-bond donors (Lipinski definition) is 1. The fourth-order valence-electron chi connectivity index (χ4n) is 2.91. The summed E-state index contributed by atoms with van der Waals surface area (Å²) in [6.07, 6.45) is -0.795. The average molecular weight is 407 g/mol. The van der Waals surface area contributed by atoms with Crippen molar-refractivity contribution in [2.45, 2.75) is 110 Å². The third-order valence-electron chi connectivity index (χ3n) is 6.16. The second-order valence-electron chi connectivity index (χ2n) is 10.5. The summed E-state index contributed by atoms with van der Waals surface area (Å²) in [7, 11) is -2.03. The van der Waals surface area contributed by atoms with E-state index >= 15 is 0 Å². The third-order valence-corrected chi connectivity index (χ3v) is 10.5. The van der Waals surface area contributed by atoms with Crippen LogP contribution in [-0.4, -0.2) is 19.1 Å². The van der Waals surface area contributed by atoms with Crippen molar-refractivity contribution in [2.75, 3.05) is 0 Å². The molecule has 1 N–H and O–H groups in total. The molecule has 0 spiro atoms. The Labute approximate surface area is 174 Å². The van der Waals surface area contributed by atoms with Gasteiger partial charge >= 0.3 is 0 Å². The van der Waals surface area contributed by atoms with Crippen molar-refractivity contribution in [3.8, 4) is 5.75 Å². The van der Waals surface area contributed by atoms with Crippen molar-refractivity contribution in [3.05, 3.63) is 28.8 Å². The predicted molar refractivity (Wildman–Crippen MR) is 120 cm³/mol. The summed E-state index contributed by atoms with van der Waals surface area (Å²) in [6, 6.07) is 3.96. The Bertz CT molecular complexity index is 745. The first-order chi connectivity index (χ1) is 13.0. The lowest BCUT2D eigenvalue weighted by molar-refractivity contribution is 0.159. The highest BCUT2D eigenvalue weighted by Gasteiger charge is 2.40. The molecule has 0 amide bonds. The molecule has 0 saturated heterocycles. The Hall–Kier alpha value is -1.20. The van der Waals surface area contributed by atoms with Gasteiger partial charge in [-0.2, -0.15) is 10.2 Å². The zero-order valence-corrected chi connectivity index (χ0v) is 20.5. The molecule has 1 aliphatic heterocycles. The van der Waals surface area contributed by atoms with Crippen LogP contribution < -0.4 is 4.43 Å². The van der Waals surface area contributed by atoms with Crippen LogP contribution in [0.15, 0.2) is 22.4 Å². The number of rotatable bonds is 8. The van der Waals surface area contributed by atoms with E-state index in [0.29, 0.717) is 18.4 Å². The molecular formula is C23H40N2O2Si. The lowest BCUT2D eigenvalue weighted by atomic mass is 9.89. The van der Waals surface area contributed by atoms with Crippen molar-refractivity contribution in [1.29, 1.82) is 0 Å². The van der Waals surface area contributed by atoms with Gasteiger partial charge in [0.15, 0.2) is 5.66 Å². The maximum absolute atomic E-state index is 11.0. The number of benzene rings is 1. The lowest BCUT2D eigenvalue weighted by Crippen LogP contribution is -2.44. The Morgan fingerprint density at radius 2 is 1.57 bits per heavy atom. The standard InChI is InChI=1S/C23H40N2O2Si/c1-15(2)18-13-17(20(26)11-12-23(8)24-25-23)14-19(16(3)4)21(18)27-28(9,10)22(5,6)7/h13-16,20,26H,11-12H2,1-10H3/i20T. The highest BCUT2D eigenvalue weighted by molar-refractivity contribution is 6.74. The summed E-state index contributed by atoms with van der Waals surface area (Å²) in [6.45, 7) is 21.8. The molecule has 4 nitrogen and oxygen atoms in total. The van der Waals surface area contributed by atoms with Crippen LogP contribution in [0.3, 0.4) is 0 Å². The van der Waals surface area contributed by atoms with Crippen molar-refractivity contribution in [1.82, 2.24) is 0 Å². The van der Waals surface area contributed by atoms with E-state index in [-0.39, 0.29) is 16.9 Å². The van der Waals surface area contributed by atoms with Crippen molar-refractivity contribution >= 4 is 8.32 Å². The summed E-state index contributed by atoms with van der Waals surface area (Å²) in [5, 5.41) is 19.1. The van der Waals surface area contributed by atoms with Crippen molar-refractivity contribution in [3.63, 3.8) is 0 Å². The number of aliphatic hydroxyl groups is 1. The number of nitrogens with zero attached hydrogens (tertiary/aromatic N) is 2. The Kier molecular flexibility index (Phi) is 6.07. The van der Waals surface area contributed by atoms with Crippen LogP contribution in [0.25, 0.3) is 0 Å². The maximum atomic E-state index is 11.0. The van der Waals surface area contributed by atoms with Gasteiger partial charge in [0.05, 0.1) is 7.45 Å². The molecule has 2 rings (SSSR count). The lowest BCUT2D eigenvalue weighted by Gasteiger charge is -2.38. The van der Waals surface area contributed by atoms with Crippen LogP contribution >= 0.6 is 0 Å². The van der Waals surface area contributed by atoms with E-state index in [9.17, 15) is 5.11 Å². The van der Waals surface area contributed by atoms with E-state index in [2.05, 4.69) is 71.8 Å². The van der Waals surface area contributed by atoms with E-state index in [1.165, 1.54) is 0 Å². The van der Waals surface area contributed by atoms with Gasteiger partial charge in [-0.05, 0) is 78.6 Å². The maximum Gasteiger partial charge on any atom is 0.250 e. The van der Waals surface area contributed by atoms with Gasteiger partial charge in [-0.15, -0.1) is 0 Å². The summed E-state index contributed by atoms with van der Waals surface area (Å²) in [5.41, 5.74) is 2.38. The number of hydrogen-bond acceptors (Lipinski definition) is 4. The van der Waals surface area contributed by atoms with Crippen LogP contribution in [-0.2, 0) is 0 Å². The molecular weight excluding hydrogens is 364 g/mol. The van der Waals surface area contributed by atoms with Gasteiger partial charge in [-0.25, -0.2) is 0 Å². The molecule has 1 aliphatic rings. The third kappa shape index (κ3) is 5.23. The van der Waals surface area contributed by atoms with Crippen molar-refractivity contribution in [2.24, 2.45) is 10.2 Å². The van der Waals surface area contributed by atoms with Crippen LogP contribution in [0.4, 0.5) is 0 Å². The summed E-state index contributed by atoms with van der Waals surface area (Å²) in [5.74, 6) is 1.42. The van der Waals surface area contributed by atoms with Crippen LogP contribution in [0, 0.1) is 0 Å². The molecule has 158 valence electrons. The second kappa shape index (κ2) is 7.90. The molecule has 1 unspecified atom stereocenters. The molecule has 0 saturated carbocycles. The van der Waals surface area contributed by atoms with Gasteiger partial charge in [0.25, 0.3) is 8.32 Å². The molecule has 1 atom stereocenters. The molecule has 0 bridgehead atoms. The normalized spacial score (nSPS) is 19.0. The van der Waals surface area contributed by atoms with Crippen LogP contribution in [0.5, 0.6) is 5.75 Å². The first kappa shape index (κ1) is 21.5. The van der Waals surface area contributed by atoms with Crippen molar-refractivity contribution < 1.29 is 10.9 Å². The van der Waals surface area contributed by atoms with E-state index in [4.69, 9.17) is 5.80 Å². The quantitative estimate of drug-likeness (QED) is 0.460. The van der Waals surface area contributed by atoms with E-state index in [1.807, 2.05) is 19.1 Å². The summed E-state index contributed by atoms with van der Waals surface area (Å²) >= 11 is 0. The van der Waals surface area contributed by atoms with Gasteiger partial charge in [-0.3, -0.25) is 0 Å². The van der Waals surface area contributed by atoms with E-state index in [1.54, 1.807) is 0 Å². The molecule has 0 radical (unpaired) electrons. The molecule has 0 aromatic heterocycles. The zero-order valence-electron chi connectivity index (χ0n) is 20.5. The Morgan fingerprint density at radius 1 is 1.11 bits per heavy atom. The summed E-state index contributed by atoms with van der Waals surface area (Å²) < 4.78 is 15.4. The molecule has 0 fully saturated rings. The SMILES string of the molecule is [3H]C(O)(CCC1(C)N=N1)c1cc(C(C)C)c(O[Si](C)(C)C(C)(C)C)c(C(C)C)c1. The minimum atomic E-state index is -2.03. The highest BCUT2D eigenvalue weighted by atomic mass is 28.4. The minimum absolute atomic E-state index is 0.0943. The largest absolute Gasteiger partial charge is 0.543 e. The van der Waals surface area contributed by atoms with E-state index < -0.39 is 20.1 Å².